The standard InChI is InChI=1S/C22H27N3O3S.ClH/c1-14-9-15(2)20-19(10-14)23-22(29-20)25(8-7-24(3)4)21(26)16-11-17(27-5)13-18(12-16)28-6;/h9-13H,7-8H2,1-6H3;1H. The van der Waals surface area contributed by atoms with Crippen molar-refractivity contribution in [3.8, 4) is 11.5 Å². The molecule has 1 aromatic heterocycles. The first-order valence-corrected chi connectivity index (χ1v) is 10.2. The van der Waals surface area contributed by atoms with Crippen molar-refractivity contribution in [3.05, 3.63) is 47.0 Å². The number of benzene rings is 2. The number of hydrogen-bond acceptors (Lipinski definition) is 6. The van der Waals surface area contributed by atoms with E-state index >= 15 is 0 Å². The predicted molar refractivity (Wildman–Crippen MR) is 126 cm³/mol. The molecule has 0 spiro atoms. The summed E-state index contributed by atoms with van der Waals surface area (Å²) in [6.07, 6.45) is 0. The number of rotatable bonds is 7. The van der Waals surface area contributed by atoms with Gasteiger partial charge < -0.3 is 14.4 Å². The van der Waals surface area contributed by atoms with E-state index in [-0.39, 0.29) is 18.3 Å². The Labute approximate surface area is 187 Å². The van der Waals surface area contributed by atoms with Gasteiger partial charge in [-0.15, -0.1) is 12.4 Å². The normalized spacial score (nSPS) is 10.8. The van der Waals surface area contributed by atoms with Gasteiger partial charge in [-0.3, -0.25) is 9.69 Å². The van der Waals surface area contributed by atoms with Gasteiger partial charge in [0.15, 0.2) is 5.13 Å². The van der Waals surface area contributed by atoms with E-state index in [1.54, 1.807) is 48.7 Å². The molecule has 3 aromatic rings. The Bertz CT molecular complexity index is 1010. The molecule has 0 N–H and O–H groups in total. The summed E-state index contributed by atoms with van der Waals surface area (Å²) in [6, 6.07) is 9.42. The molecular formula is C22H28ClN3O3S. The minimum atomic E-state index is -0.127. The Hall–Kier alpha value is -2.35. The van der Waals surface area contributed by atoms with E-state index in [0.717, 1.165) is 22.3 Å². The van der Waals surface area contributed by atoms with Crippen molar-refractivity contribution in [2.24, 2.45) is 0 Å². The molecule has 2 aromatic carbocycles. The lowest BCUT2D eigenvalue weighted by Gasteiger charge is -2.22. The number of carbonyl (C=O) groups excluding carboxylic acids is 1. The fraction of sp³-hybridized carbons (Fsp3) is 0.364. The third kappa shape index (κ3) is 5.22. The highest BCUT2D eigenvalue weighted by Crippen LogP contribution is 2.33. The van der Waals surface area contributed by atoms with Gasteiger partial charge in [-0.05, 0) is 57.3 Å². The molecule has 6 nitrogen and oxygen atoms in total. The fourth-order valence-corrected chi connectivity index (χ4v) is 4.19. The Morgan fingerprint density at radius 2 is 1.63 bits per heavy atom. The highest BCUT2D eigenvalue weighted by Gasteiger charge is 2.23. The number of aryl methyl sites for hydroxylation is 2. The second-order valence-electron chi connectivity index (χ2n) is 7.29. The van der Waals surface area contributed by atoms with E-state index in [1.165, 1.54) is 5.56 Å². The zero-order chi connectivity index (χ0) is 21.1. The molecule has 162 valence electrons. The van der Waals surface area contributed by atoms with Gasteiger partial charge in [0.2, 0.25) is 0 Å². The third-order valence-electron chi connectivity index (χ3n) is 4.65. The Balaban J connectivity index is 0.00000320. The molecule has 3 rings (SSSR count). The zero-order valence-corrected chi connectivity index (χ0v) is 19.8. The number of aromatic nitrogens is 1. The molecule has 0 aliphatic rings. The molecule has 0 atom stereocenters. The molecule has 0 radical (unpaired) electrons. The number of amides is 1. The lowest BCUT2D eigenvalue weighted by molar-refractivity contribution is 0.0984. The minimum absolute atomic E-state index is 0. The van der Waals surface area contributed by atoms with Crippen LogP contribution in [-0.2, 0) is 0 Å². The van der Waals surface area contributed by atoms with Crippen molar-refractivity contribution < 1.29 is 14.3 Å². The topological polar surface area (TPSA) is 54.9 Å². The summed E-state index contributed by atoms with van der Waals surface area (Å²) in [6.45, 7) is 5.39. The number of nitrogens with zero attached hydrogens (tertiary/aromatic N) is 3. The fourth-order valence-electron chi connectivity index (χ4n) is 3.15. The summed E-state index contributed by atoms with van der Waals surface area (Å²) in [5.41, 5.74) is 3.77. The first kappa shape index (κ1) is 23.9. The molecule has 0 unspecified atom stereocenters. The quantitative estimate of drug-likeness (QED) is 0.529. The molecule has 0 aliphatic carbocycles. The van der Waals surface area contributed by atoms with Crippen molar-refractivity contribution in [2.75, 3.05) is 46.3 Å². The van der Waals surface area contributed by atoms with Crippen molar-refractivity contribution >= 4 is 45.0 Å². The molecule has 8 heteroatoms. The molecule has 0 bridgehead atoms. The van der Waals surface area contributed by atoms with Crippen LogP contribution < -0.4 is 14.4 Å². The van der Waals surface area contributed by atoms with Crippen molar-refractivity contribution in [2.45, 2.75) is 13.8 Å². The molecule has 0 saturated carbocycles. The highest BCUT2D eigenvalue weighted by atomic mass is 35.5. The number of fused-ring (bicyclic) bond motifs is 1. The first-order chi connectivity index (χ1) is 13.8. The van der Waals surface area contributed by atoms with Gasteiger partial charge in [0.1, 0.15) is 11.5 Å². The van der Waals surface area contributed by atoms with Gasteiger partial charge in [-0.2, -0.15) is 0 Å². The maximum Gasteiger partial charge on any atom is 0.260 e. The number of carbonyl (C=O) groups is 1. The smallest absolute Gasteiger partial charge is 0.260 e. The number of likely N-dealkylation sites (N-methyl/N-ethyl adjacent to an activating group) is 1. The summed E-state index contributed by atoms with van der Waals surface area (Å²) in [4.78, 5) is 22.1. The maximum atomic E-state index is 13.5. The Morgan fingerprint density at radius 1 is 1.00 bits per heavy atom. The monoisotopic (exact) mass is 449 g/mol. The van der Waals surface area contributed by atoms with Crippen LogP contribution in [0.5, 0.6) is 11.5 Å². The number of ether oxygens (including phenoxy) is 2. The first-order valence-electron chi connectivity index (χ1n) is 9.40. The minimum Gasteiger partial charge on any atom is -0.497 e. The van der Waals surface area contributed by atoms with Gasteiger partial charge in [0.05, 0.1) is 24.4 Å². The highest BCUT2D eigenvalue weighted by molar-refractivity contribution is 7.22. The number of hydrogen-bond donors (Lipinski definition) is 0. The summed E-state index contributed by atoms with van der Waals surface area (Å²) in [5.74, 6) is 1.03. The maximum absolute atomic E-state index is 13.5. The van der Waals surface area contributed by atoms with Gasteiger partial charge in [0, 0.05) is 24.7 Å². The van der Waals surface area contributed by atoms with Crippen LogP contribution in [-0.4, -0.2) is 57.2 Å². The second-order valence-corrected chi connectivity index (χ2v) is 8.27. The molecular weight excluding hydrogens is 422 g/mol. The second kappa shape index (κ2) is 10.1. The van der Waals surface area contributed by atoms with E-state index < -0.39 is 0 Å². The van der Waals surface area contributed by atoms with Gasteiger partial charge >= 0.3 is 0 Å². The molecule has 0 fully saturated rings. The van der Waals surface area contributed by atoms with Crippen molar-refractivity contribution in [3.63, 3.8) is 0 Å². The van der Waals surface area contributed by atoms with Crippen molar-refractivity contribution in [1.29, 1.82) is 0 Å². The van der Waals surface area contributed by atoms with E-state index in [2.05, 4.69) is 30.9 Å². The van der Waals surface area contributed by atoms with Crippen molar-refractivity contribution in [1.82, 2.24) is 9.88 Å². The lowest BCUT2D eigenvalue weighted by atomic mass is 10.1. The van der Waals surface area contributed by atoms with Gasteiger partial charge in [-0.25, -0.2) is 4.98 Å². The lowest BCUT2D eigenvalue weighted by Crippen LogP contribution is -2.36. The van der Waals surface area contributed by atoms with E-state index in [0.29, 0.717) is 28.7 Å². The average molecular weight is 450 g/mol. The predicted octanol–water partition coefficient (Wildman–Crippen LogP) is 4.56. The number of anilines is 1. The van der Waals surface area contributed by atoms with Crippen LogP contribution in [0.4, 0.5) is 5.13 Å². The largest absolute Gasteiger partial charge is 0.497 e. The Morgan fingerprint density at radius 3 is 2.20 bits per heavy atom. The number of thiazole rings is 1. The summed E-state index contributed by atoms with van der Waals surface area (Å²) >= 11 is 1.55. The van der Waals surface area contributed by atoms with Crippen LogP contribution in [0.3, 0.4) is 0 Å². The Kier molecular flexibility index (Phi) is 8.06. The molecule has 1 amide bonds. The molecule has 30 heavy (non-hydrogen) atoms. The van der Waals surface area contributed by atoms with E-state index in [1.807, 2.05) is 14.1 Å². The van der Waals surface area contributed by atoms with E-state index in [4.69, 9.17) is 14.5 Å². The molecule has 0 aliphatic heterocycles. The van der Waals surface area contributed by atoms with Crippen LogP contribution in [0.25, 0.3) is 10.2 Å². The molecule has 0 saturated heterocycles. The number of methoxy groups -OCH3 is 2. The van der Waals surface area contributed by atoms with Crippen LogP contribution >= 0.6 is 23.7 Å². The summed E-state index contributed by atoms with van der Waals surface area (Å²) in [5, 5.41) is 0.697. The third-order valence-corrected chi connectivity index (χ3v) is 5.88. The van der Waals surface area contributed by atoms with Gasteiger partial charge in [0.25, 0.3) is 5.91 Å². The van der Waals surface area contributed by atoms with Gasteiger partial charge in [-0.1, -0.05) is 17.4 Å². The number of halogens is 1. The summed E-state index contributed by atoms with van der Waals surface area (Å²) in [7, 11) is 7.13. The average Bonchev–Trinajstić information content (AvgIpc) is 3.11. The van der Waals surface area contributed by atoms with Crippen LogP contribution in [0.1, 0.15) is 21.5 Å². The molecule has 1 heterocycles. The van der Waals surface area contributed by atoms with E-state index in [9.17, 15) is 4.79 Å². The van der Waals surface area contributed by atoms with Crippen LogP contribution in [0.2, 0.25) is 0 Å². The zero-order valence-electron chi connectivity index (χ0n) is 18.2. The van der Waals surface area contributed by atoms with Crippen LogP contribution in [0, 0.1) is 13.8 Å². The SMILES string of the molecule is COc1cc(OC)cc(C(=O)N(CCN(C)C)c2nc3cc(C)cc(C)c3s2)c1.Cl. The summed E-state index contributed by atoms with van der Waals surface area (Å²) < 4.78 is 11.8. The van der Waals surface area contributed by atoms with Crippen LogP contribution in [0.15, 0.2) is 30.3 Å².